The Hall–Kier alpha value is -0.900. The first kappa shape index (κ1) is 13.5. The maximum atomic E-state index is 3.60. The number of aryl methyl sites for hydroxylation is 1. The Kier molecular flexibility index (Phi) is 4.38. The van der Waals surface area contributed by atoms with Crippen molar-refractivity contribution < 1.29 is 0 Å². The second-order valence-electron chi connectivity index (χ2n) is 5.07. The van der Waals surface area contributed by atoms with Gasteiger partial charge in [-0.3, -0.25) is 0 Å². The molecular weight excluding hydrogens is 240 g/mol. The fourth-order valence-electron chi connectivity index (χ4n) is 2.20. The van der Waals surface area contributed by atoms with E-state index in [-0.39, 0.29) is 0 Å². The molecule has 1 N–H and O–H groups in total. The van der Waals surface area contributed by atoms with Gasteiger partial charge in [-0.1, -0.05) is 18.2 Å². The maximum absolute atomic E-state index is 3.60. The Balaban J connectivity index is 2.12. The summed E-state index contributed by atoms with van der Waals surface area (Å²) in [6.07, 6.45) is 0. The molecular formula is C15H22N2S. The van der Waals surface area contributed by atoms with Crippen LogP contribution in [0.25, 0.3) is 10.1 Å². The van der Waals surface area contributed by atoms with Gasteiger partial charge >= 0.3 is 0 Å². The summed E-state index contributed by atoms with van der Waals surface area (Å²) in [7, 11) is 4.22. The van der Waals surface area contributed by atoms with Crippen molar-refractivity contribution in [1.82, 2.24) is 10.2 Å². The minimum absolute atomic E-state index is 0.433. The fourth-order valence-corrected chi connectivity index (χ4v) is 3.44. The SMILES string of the molecule is Cc1c(C(C)NCCN(C)C)sc2ccccc12. The van der Waals surface area contributed by atoms with E-state index in [4.69, 9.17) is 0 Å². The number of hydrogen-bond donors (Lipinski definition) is 1. The average Bonchev–Trinajstić information content (AvgIpc) is 2.67. The fraction of sp³-hybridized carbons (Fsp3) is 0.467. The molecule has 0 spiro atoms. The second kappa shape index (κ2) is 5.83. The van der Waals surface area contributed by atoms with E-state index in [1.165, 1.54) is 20.5 Å². The molecule has 2 aromatic rings. The predicted octanol–water partition coefficient (Wildman–Crippen LogP) is 3.42. The number of thiophene rings is 1. The molecule has 2 nitrogen and oxygen atoms in total. The number of nitrogens with zero attached hydrogens (tertiary/aromatic N) is 1. The lowest BCUT2D eigenvalue weighted by Crippen LogP contribution is -2.28. The van der Waals surface area contributed by atoms with Crippen LogP contribution in [0.15, 0.2) is 24.3 Å². The van der Waals surface area contributed by atoms with Gasteiger partial charge in [0, 0.05) is 28.7 Å². The minimum atomic E-state index is 0.433. The topological polar surface area (TPSA) is 15.3 Å². The van der Waals surface area contributed by atoms with E-state index in [0.717, 1.165) is 13.1 Å². The average molecular weight is 262 g/mol. The standard InChI is InChI=1S/C15H22N2S/c1-11-13-7-5-6-8-14(13)18-15(11)12(2)16-9-10-17(3)4/h5-8,12,16H,9-10H2,1-4H3. The first-order valence-electron chi connectivity index (χ1n) is 6.45. The van der Waals surface area contributed by atoms with Crippen LogP contribution in [0, 0.1) is 6.92 Å². The summed E-state index contributed by atoms with van der Waals surface area (Å²) in [5, 5.41) is 5.00. The van der Waals surface area contributed by atoms with E-state index in [1.807, 2.05) is 11.3 Å². The third-order valence-electron chi connectivity index (χ3n) is 3.28. The van der Waals surface area contributed by atoms with Gasteiger partial charge in [-0.25, -0.2) is 0 Å². The van der Waals surface area contributed by atoms with E-state index in [2.05, 4.69) is 62.4 Å². The maximum Gasteiger partial charge on any atom is 0.0389 e. The van der Waals surface area contributed by atoms with E-state index < -0.39 is 0 Å². The van der Waals surface area contributed by atoms with E-state index in [9.17, 15) is 0 Å². The van der Waals surface area contributed by atoms with Gasteiger partial charge in [-0.05, 0) is 45.0 Å². The summed E-state index contributed by atoms with van der Waals surface area (Å²) in [4.78, 5) is 3.67. The Morgan fingerprint density at radius 3 is 2.67 bits per heavy atom. The largest absolute Gasteiger partial charge is 0.308 e. The van der Waals surface area contributed by atoms with Crippen LogP contribution in [0.3, 0.4) is 0 Å². The molecule has 2 rings (SSSR count). The monoisotopic (exact) mass is 262 g/mol. The first-order chi connectivity index (χ1) is 8.59. The van der Waals surface area contributed by atoms with E-state index in [0.29, 0.717) is 6.04 Å². The van der Waals surface area contributed by atoms with Crippen molar-refractivity contribution >= 4 is 21.4 Å². The smallest absolute Gasteiger partial charge is 0.0389 e. The third kappa shape index (κ3) is 2.91. The van der Waals surface area contributed by atoms with Gasteiger partial charge in [0.25, 0.3) is 0 Å². The Labute approximate surface area is 114 Å². The zero-order valence-electron chi connectivity index (χ0n) is 11.7. The van der Waals surface area contributed by atoms with Crippen LogP contribution < -0.4 is 5.32 Å². The van der Waals surface area contributed by atoms with Gasteiger partial charge in [-0.2, -0.15) is 0 Å². The Morgan fingerprint density at radius 1 is 1.28 bits per heavy atom. The summed E-state index contributed by atoms with van der Waals surface area (Å²) in [6, 6.07) is 9.10. The molecule has 1 aromatic carbocycles. The highest BCUT2D eigenvalue weighted by Gasteiger charge is 2.13. The summed E-state index contributed by atoms with van der Waals surface area (Å²) in [5.41, 5.74) is 1.43. The number of benzene rings is 1. The number of nitrogens with one attached hydrogen (secondary N) is 1. The van der Waals surface area contributed by atoms with Crippen molar-refractivity contribution in [2.45, 2.75) is 19.9 Å². The van der Waals surface area contributed by atoms with Crippen LogP contribution in [0.4, 0.5) is 0 Å². The molecule has 0 radical (unpaired) electrons. The van der Waals surface area contributed by atoms with Gasteiger partial charge in [0.05, 0.1) is 0 Å². The molecule has 0 fully saturated rings. The number of rotatable bonds is 5. The highest BCUT2D eigenvalue weighted by atomic mass is 32.1. The summed E-state index contributed by atoms with van der Waals surface area (Å²) < 4.78 is 1.39. The highest BCUT2D eigenvalue weighted by Crippen LogP contribution is 2.34. The normalized spacial score (nSPS) is 13.4. The van der Waals surface area contributed by atoms with Crippen LogP contribution in [-0.4, -0.2) is 32.1 Å². The molecule has 18 heavy (non-hydrogen) atoms. The van der Waals surface area contributed by atoms with Crippen LogP contribution in [0.5, 0.6) is 0 Å². The molecule has 0 saturated carbocycles. The number of likely N-dealkylation sites (N-methyl/N-ethyl adjacent to an activating group) is 1. The molecule has 1 unspecified atom stereocenters. The molecule has 1 aromatic heterocycles. The molecule has 98 valence electrons. The zero-order valence-corrected chi connectivity index (χ0v) is 12.5. The quantitative estimate of drug-likeness (QED) is 0.888. The van der Waals surface area contributed by atoms with E-state index in [1.54, 1.807) is 0 Å². The van der Waals surface area contributed by atoms with Crippen LogP contribution in [-0.2, 0) is 0 Å². The first-order valence-corrected chi connectivity index (χ1v) is 7.27. The molecule has 0 aliphatic heterocycles. The summed E-state index contributed by atoms with van der Waals surface area (Å²) >= 11 is 1.91. The Morgan fingerprint density at radius 2 is 2.00 bits per heavy atom. The van der Waals surface area contributed by atoms with E-state index >= 15 is 0 Å². The summed E-state index contributed by atoms with van der Waals surface area (Å²) in [5.74, 6) is 0. The summed E-state index contributed by atoms with van der Waals surface area (Å²) in [6.45, 7) is 6.60. The molecule has 0 aliphatic carbocycles. The Bertz CT molecular complexity index is 516. The zero-order chi connectivity index (χ0) is 13.1. The lowest BCUT2D eigenvalue weighted by Gasteiger charge is -2.15. The van der Waals surface area contributed by atoms with Gasteiger partial charge in [0.1, 0.15) is 0 Å². The molecule has 0 aliphatic rings. The lowest BCUT2D eigenvalue weighted by molar-refractivity contribution is 0.390. The van der Waals surface area contributed by atoms with Gasteiger partial charge in [0.2, 0.25) is 0 Å². The molecule has 0 amide bonds. The van der Waals surface area contributed by atoms with Gasteiger partial charge in [0.15, 0.2) is 0 Å². The van der Waals surface area contributed by atoms with Crippen molar-refractivity contribution in [2.75, 3.05) is 27.2 Å². The highest BCUT2D eigenvalue weighted by molar-refractivity contribution is 7.19. The second-order valence-corrected chi connectivity index (χ2v) is 6.15. The van der Waals surface area contributed by atoms with Crippen molar-refractivity contribution in [2.24, 2.45) is 0 Å². The van der Waals surface area contributed by atoms with Gasteiger partial charge < -0.3 is 10.2 Å². The lowest BCUT2D eigenvalue weighted by atomic mass is 10.1. The van der Waals surface area contributed by atoms with Crippen molar-refractivity contribution in [3.63, 3.8) is 0 Å². The molecule has 3 heteroatoms. The van der Waals surface area contributed by atoms with Crippen molar-refractivity contribution in [1.29, 1.82) is 0 Å². The molecule has 0 bridgehead atoms. The minimum Gasteiger partial charge on any atom is -0.308 e. The third-order valence-corrected chi connectivity index (χ3v) is 4.74. The van der Waals surface area contributed by atoms with Crippen molar-refractivity contribution in [3.8, 4) is 0 Å². The predicted molar refractivity (Wildman–Crippen MR) is 81.5 cm³/mol. The van der Waals surface area contributed by atoms with Crippen LogP contribution in [0.2, 0.25) is 0 Å². The number of hydrogen-bond acceptors (Lipinski definition) is 3. The molecule has 0 saturated heterocycles. The van der Waals surface area contributed by atoms with Crippen molar-refractivity contribution in [3.05, 3.63) is 34.7 Å². The van der Waals surface area contributed by atoms with Crippen LogP contribution >= 0.6 is 11.3 Å². The number of fused-ring (bicyclic) bond motifs is 1. The molecule has 1 heterocycles. The molecule has 1 atom stereocenters. The van der Waals surface area contributed by atoms with Gasteiger partial charge in [-0.15, -0.1) is 11.3 Å². The van der Waals surface area contributed by atoms with Crippen LogP contribution in [0.1, 0.15) is 23.4 Å².